The number of hydrogen-bond acceptors (Lipinski definition) is 5. The lowest BCUT2D eigenvalue weighted by atomic mass is 10.0. The van der Waals surface area contributed by atoms with Crippen LogP contribution < -0.4 is 10.6 Å². The van der Waals surface area contributed by atoms with Gasteiger partial charge in [0.1, 0.15) is 0 Å². The fraction of sp³-hybridized carbons (Fsp3) is 0.812. The molecule has 8 heteroatoms. The summed E-state index contributed by atoms with van der Waals surface area (Å²) in [7, 11) is 0. The molecule has 1 heterocycles. The summed E-state index contributed by atoms with van der Waals surface area (Å²) in [5.74, 6) is 2.61. The maximum absolute atomic E-state index is 5.75. The van der Waals surface area contributed by atoms with E-state index in [1.54, 1.807) is 0 Å². The maximum atomic E-state index is 5.75. The summed E-state index contributed by atoms with van der Waals surface area (Å²) in [6, 6.07) is 0. The number of rotatable bonds is 10. The molecular formula is C16H32IN5O2. The first-order chi connectivity index (χ1) is 11.1. The molecule has 0 aromatic carbocycles. The lowest BCUT2D eigenvalue weighted by Gasteiger charge is -2.20. The third-order valence-corrected chi connectivity index (χ3v) is 3.35. The number of aromatic nitrogens is 2. The Morgan fingerprint density at radius 2 is 2.04 bits per heavy atom. The second kappa shape index (κ2) is 13.4. The van der Waals surface area contributed by atoms with Crippen molar-refractivity contribution in [2.24, 2.45) is 10.9 Å². The summed E-state index contributed by atoms with van der Waals surface area (Å²) in [6.45, 7) is 13.3. The zero-order valence-electron chi connectivity index (χ0n) is 15.5. The fourth-order valence-electron chi connectivity index (χ4n) is 2.20. The summed E-state index contributed by atoms with van der Waals surface area (Å²) in [4.78, 5) is 8.79. The molecule has 1 atom stereocenters. The van der Waals surface area contributed by atoms with Crippen molar-refractivity contribution in [2.45, 2.75) is 53.6 Å². The van der Waals surface area contributed by atoms with Gasteiger partial charge in [-0.2, -0.15) is 4.98 Å². The average Bonchev–Trinajstić information content (AvgIpc) is 2.91. The summed E-state index contributed by atoms with van der Waals surface area (Å²) in [5.41, 5.74) is 0. The number of nitrogens with one attached hydrogen (secondary N) is 2. The normalized spacial score (nSPS) is 12.8. The number of aryl methyl sites for hydroxylation is 1. The van der Waals surface area contributed by atoms with Crippen LogP contribution in [-0.4, -0.2) is 48.4 Å². The summed E-state index contributed by atoms with van der Waals surface area (Å²) in [5, 5.41) is 10.3. The SMILES string of the molecule is CCNC(=NCCC(OCC)C(C)C)NCCc1nc(C)no1.I. The number of ether oxygens (including phenoxy) is 1. The molecule has 0 saturated heterocycles. The highest BCUT2D eigenvalue weighted by Gasteiger charge is 2.12. The van der Waals surface area contributed by atoms with E-state index in [1.165, 1.54) is 0 Å². The van der Waals surface area contributed by atoms with E-state index >= 15 is 0 Å². The highest BCUT2D eigenvalue weighted by atomic mass is 127. The molecule has 0 aliphatic heterocycles. The number of aliphatic imine (C=N–C) groups is 1. The molecule has 1 aromatic rings. The average molecular weight is 453 g/mol. The molecule has 1 aromatic heterocycles. The van der Waals surface area contributed by atoms with Gasteiger partial charge in [0, 0.05) is 32.7 Å². The summed E-state index contributed by atoms with van der Waals surface area (Å²) >= 11 is 0. The van der Waals surface area contributed by atoms with Gasteiger partial charge in [-0.05, 0) is 33.1 Å². The Bertz CT molecular complexity index is 465. The number of guanidine groups is 1. The molecule has 0 radical (unpaired) electrons. The molecule has 140 valence electrons. The molecule has 0 fully saturated rings. The van der Waals surface area contributed by atoms with E-state index in [2.05, 4.69) is 46.5 Å². The molecule has 1 unspecified atom stereocenters. The van der Waals surface area contributed by atoms with Crippen LogP contribution in [0.5, 0.6) is 0 Å². The molecule has 0 aliphatic rings. The molecule has 24 heavy (non-hydrogen) atoms. The first kappa shape index (κ1) is 23.1. The smallest absolute Gasteiger partial charge is 0.228 e. The van der Waals surface area contributed by atoms with E-state index < -0.39 is 0 Å². The maximum Gasteiger partial charge on any atom is 0.228 e. The van der Waals surface area contributed by atoms with Gasteiger partial charge in [0.25, 0.3) is 0 Å². The van der Waals surface area contributed by atoms with Crippen molar-refractivity contribution < 1.29 is 9.26 Å². The largest absolute Gasteiger partial charge is 0.378 e. The van der Waals surface area contributed by atoms with Gasteiger partial charge in [-0.25, -0.2) is 0 Å². The predicted octanol–water partition coefficient (Wildman–Crippen LogP) is 2.54. The summed E-state index contributed by atoms with van der Waals surface area (Å²) in [6.07, 6.45) is 1.86. The van der Waals surface area contributed by atoms with Crippen molar-refractivity contribution >= 4 is 29.9 Å². The Kier molecular flexibility index (Phi) is 12.9. The minimum Gasteiger partial charge on any atom is -0.378 e. The zero-order chi connectivity index (χ0) is 17.1. The van der Waals surface area contributed by atoms with Crippen LogP contribution in [0.3, 0.4) is 0 Å². The van der Waals surface area contributed by atoms with Crippen molar-refractivity contribution in [1.82, 2.24) is 20.8 Å². The second-order valence-electron chi connectivity index (χ2n) is 5.70. The minimum absolute atomic E-state index is 0. The van der Waals surface area contributed by atoms with Crippen LogP contribution in [0.1, 0.15) is 45.8 Å². The van der Waals surface area contributed by atoms with Gasteiger partial charge in [0.05, 0.1) is 6.10 Å². The molecule has 0 spiro atoms. The quantitative estimate of drug-likeness (QED) is 0.322. The predicted molar refractivity (Wildman–Crippen MR) is 107 cm³/mol. The van der Waals surface area contributed by atoms with Gasteiger partial charge in [-0.1, -0.05) is 19.0 Å². The lowest BCUT2D eigenvalue weighted by molar-refractivity contribution is 0.0266. The first-order valence-electron chi connectivity index (χ1n) is 8.49. The third kappa shape index (κ3) is 9.41. The highest BCUT2D eigenvalue weighted by Crippen LogP contribution is 2.10. The molecular weight excluding hydrogens is 421 g/mol. The van der Waals surface area contributed by atoms with E-state index in [9.17, 15) is 0 Å². The Labute approximate surface area is 162 Å². The topological polar surface area (TPSA) is 84.6 Å². The second-order valence-corrected chi connectivity index (χ2v) is 5.70. The van der Waals surface area contributed by atoms with Crippen LogP contribution in [0.15, 0.2) is 9.52 Å². The van der Waals surface area contributed by atoms with Crippen molar-refractivity contribution in [3.05, 3.63) is 11.7 Å². The molecule has 0 amide bonds. The van der Waals surface area contributed by atoms with Crippen molar-refractivity contribution in [2.75, 3.05) is 26.2 Å². The van der Waals surface area contributed by atoms with Crippen LogP contribution in [-0.2, 0) is 11.2 Å². The number of halogens is 1. The molecule has 7 nitrogen and oxygen atoms in total. The van der Waals surface area contributed by atoms with Gasteiger partial charge in [-0.3, -0.25) is 4.99 Å². The van der Waals surface area contributed by atoms with Gasteiger partial charge in [0.2, 0.25) is 5.89 Å². The van der Waals surface area contributed by atoms with Gasteiger partial charge < -0.3 is 19.9 Å². The van der Waals surface area contributed by atoms with Crippen LogP contribution in [0.4, 0.5) is 0 Å². The Balaban J connectivity index is 0.00000529. The van der Waals surface area contributed by atoms with Crippen LogP contribution in [0.2, 0.25) is 0 Å². The lowest BCUT2D eigenvalue weighted by Crippen LogP contribution is -2.38. The standard InChI is InChI=1S/C16H31N5O2.HI/c1-6-17-16(18-10-8-14(12(3)4)22-7-2)19-11-9-15-20-13(5)21-23-15;/h12,14H,6-11H2,1-5H3,(H2,17,18,19);1H. The van der Waals surface area contributed by atoms with E-state index in [-0.39, 0.29) is 30.1 Å². The zero-order valence-corrected chi connectivity index (χ0v) is 17.8. The molecule has 1 rings (SSSR count). The van der Waals surface area contributed by atoms with E-state index in [1.807, 2.05) is 13.8 Å². The molecule has 0 bridgehead atoms. The van der Waals surface area contributed by atoms with Gasteiger partial charge in [-0.15, -0.1) is 24.0 Å². The van der Waals surface area contributed by atoms with Gasteiger partial charge in [0.15, 0.2) is 11.8 Å². The van der Waals surface area contributed by atoms with Crippen LogP contribution >= 0.6 is 24.0 Å². The van der Waals surface area contributed by atoms with E-state index in [0.29, 0.717) is 30.6 Å². The Hall–Kier alpha value is -0.900. The van der Waals surface area contributed by atoms with Gasteiger partial charge >= 0.3 is 0 Å². The molecule has 2 N–H and O–H groups in total. The number of nitrogens with zero attached hydrogens (tertiary/aromatic N) is 3. The van der Waals surface area contributed by atoms with Crippen molar-refractivity contribution in [3.8, 4) is 0 Å². The van der Waals surface area contributed by atoms with E-state index in [4.69, 9.17) is 9.26 Å². The number of hydrogen-bond donors (Lipinski definition) is 2. The van der Waals surface area contributed by atoms with Crippen molar-refractivity contribution in [1.29, 1.82) is 0 Å². The highest BCUT2D eigenvalue weighted by molar-refractivity contribution is 14.0. The monoisotopic (exact) mass is 453 g/mol. The first-order valence-corrected chi connectivity index (χ1v) is 8.49. The Morgan fingerprint density at radius 3 is 2.58 bits per heavy atom. The molecule has 0 aliphatic carbocycles. The van der Waals surface area contributed by atoms with E-state index in [0.717, 1.165) is 32.1 Å². The fourth-order valence-corrected chi connectivity index (χ4v) is 2.20. The third-order valence-electron chi connectivity index (χ3n) is 3.35. The minimum atomic E-state index is 0. The Morgan fingerprint density at radius 1 is 1.29 bits per heavy atom. The van der Waals surface area contributed by atoms with Crippen LogP contribution in [0.25, 0.3) is 0 Å². The molecule has 0 saturated carbocycles. The van der Waals surface area contributed by atoms with Crippen LogP contribution in [0, 0.1) is 12.8 Å². The summed E-state index contributed by atoms with van der Waals surface area (Å²) < 4.78 is 10.8. The van der Waals surface area contributed by atoms with Crippen molar-refractivity contribution in [3.63, 3.8) is 0 Å².